The molecule has 0 saturated heterocycles. The van der Waals surface area contributed by atoms with Gasteiger partial charge in [-0.3, -0.25) is 4.90 Å². The molecule has 1 aromatic heterocycles. The maximum absolute atomic E-state index is 13.0. The number of fused-ring (bicyclic) bond motifs is 5. The monoisotopic (exact) mass is 342 g/mol. The van der Waals surface area contributed by atoms with Gasteiger partial charge < -0.3 is 4.57 Å². The molecule has 0 radical (unpaired) electrons. The molecule has 0 aliphatic carbocycles. The Kier molecular flexibility index (Phi) is 3.69. The quantitative estimate of drug-likeness (QED) is 0.585. The second kappa shape index (κ2) is 5.77. The van der Waals surface area contributed by atoms with Crippen LogP contribution in [0.25, 0.3) is 16.6 Å². The number of halogens is 3. The molecule has 2 nitrogen and oxygen atoms in total. The number of aromatic nitrogens is 1. The standard InChI is InChI=1S/C20H17F3N2/c1-2-9-24-12-14-5-3-4-6-18(14)25-17(13-24)11-15-10-16(20(21,22)23)7-8-19(15)25/h2-8,10-11H,1,9,12-13H2. The summed E-state index contributed by atoms with van der Waals surface area (Å²) in [5.74, 6) is 0. The predicted molar refractivity (Wildman–Crippen MR) is 92.6 cm³/mol. The largest absolute Gasteiger partial charge is 0.416 e. The van der Waals surface area contributed by atoms with Gasteiger partial charge in [-0.25, -0.2) is 0 Å². The summed E-state index contributed by atoms with van der Waals surface area (Å²) in [6.45, 7) is 5.98. The van der Waals surface area contributed by atoms with Gasteiger partial charge in [0.05, 0.1) is 16.8 Å². The van der Waals surface area contributed by atoms with Crippen molar-refractivity contribution in [3.63, 3.8) is 0 Å². The molecule has 128 valence electrons. The minimum absolute atomic E-state index is 0.611. The van der Waals surface area contributed by atoms with Gasteiger partial charge in [0.2, 0.25) is 0 Å². The van der Waals surface area contributed by atoms with Crippen molar-refractivity contribution >= 4 is 10.9 Å². The molecule has 0 saturated carbocycles. The van der Waals surface area contributed by atoms with Gasteiger partial charge in [0.15, 0.2) is 0 Å². The molecule has 4 rings (SSSR count). The van der Waals surface area contributed by atoms with Crippen molar-refractivity contribution in [2.45, 2.75) is 19.3 Å². The van der Waals surface area contributed by atoms with E-state index in [1.807, 2.05) is 30.3 Å². The zero-order valence-corrected chi connectivity index (χ0v) is 13.6. The average Bonchev–Trinajstić information content (AvgIpc) is 2.84. The maximum atomic E-state index is 13.0. The molecule has 3 aromatic rings. The number of nitrogens with zero attached hydrogens (tertiary/aromatic N) is 2. The second-order valence-corrected chi connectivity index (χ2v) is 6.33. The Hall–Kier alpha value is -2.53. The highest BCUT2D eigenvalue weighted by Gasteiger charge is 2.31. The molecule has 0 amide bonds. The van der Waals surface area contributed by atoms with Crippen LogP contribution in [0.1, 0.15) is 16.8 Å². The van der Waals surface area contributed by atoms with Gasteiger partial charge in [0.1, 0.15) is 0 Å². The van der Waals surface area contributed by atoms with Crippen LogP contribution in [0.4, 0.5) is 13.2 Å². The van der Waals surface area contributed by atoms with Gasteiger partial charge in [-0.1, -0.05) is 24.3 Å². The van der Waals surface area contributed by atoms with E-state index in [1.54, 1.807) is 6.07 Å². The minimum Gasteiger partial charge on any atom is -0.312 e. The third-order valence-electron chi connectivity index (χ3n) is 4.60. The zero-order valence-electron chi connectivity index (χ0n) is 13.6. The summed E-state index contributed by atoms with van der Waals surface area (Å²) in [4.78, 5) is 2.23. The molecule has 0 spiro atoms. The highest BCUT2D eigenvalue weighted by Crippen LogP contribution is 2.35. The molecule has 1 aliphatic heterocycles. The van der Waals surface area contributed by atoms with Crippen LogP contribution in [-0.4, -0.2) is 16.0 Å². The maximum Gasteiger partial charge on any atom is 0.416 e. The first-order valence-corrected chi connectivity index (χ1v) is 8.10. The van der Waals surface area contributed by atoms with E-state index >= 15 is 0 Å². The van der Waals surface area contributed by atoms with E-state index in [0.717, 1.165) is 41.6 Å². The van der Waals surface area contributed by atoms with Crippen LogP contribution in [0.3, 0.4) is 0 Å². The van der Waals surface area contributed by atoms with E-state index < -0.39 is 11.7 Å². The van der Waals surface area contributed by atoms with Crippen molar-refractivity contribution in [2.24, 2.45) is 0 Å². The van der Waals surface area contributed by atoms with E-state index in [4.69, 9.17) is 0 Å². The first-order valence-electron chi connectivity index (χ1n) is 8.10. The van der Waals surface area contributed by atoms with Gasteiger partial charge in [0, 0.05) is 30.7 Å². The van der Waals surface area contributed by atoms with Crippen molar-refractivity contribution in [2.75, 3.05) is 6.54 Å². The summed E-state index contributed by atoms with van der Waals surface area (Å²) in [5, 5.41) is 0.611. The highest BCUT2D eigenvalue weighted by molar-refractivity contribution is 5.84. The third-order valence-corrected chi connectivity index (χ3v) is 4.60. The lowest BCUT2D eigenvalue weighted by molar-refractivity contribution is -0.137. The van der Waals surface area contributed by atoms with E-state index in [0.29, 0.717) is 11.9 Å². The van der Waals surface area contributed by atoms with Crippen molar-refractivity contribution in [1.29, 1.82) is 0 Å². The average molecular weight is 342 g/mol. The molecule has 0 bridgehead atoms. The lowest BCUT2D eigenvalue weighted by Gasteiger charge is -2.17. The highest BCUT2D eigenvalue weighted by atomic mass is 19.4. The Balaban J connectivity index is 1.95. The Morgan fingerprint density at radius 2 is 1.84 bits per heavy atom. The summed E-state index contributed by atoms with van der Waals surface area (Å²) < 4.78 is 41.2. The molecule has 5 heteroatoms. The molecular formula is C20H17F3N2. The molecule has 25 heavy (non-hydrogen) atoms. The summed E-state index contributed by atoms with van der Waals surface area (Å²) in [6, 6.07) is 13.9. The van der Waals surface area contributed by atoms with E-state index in [2.05, 4.69) is 22.1 Å². The fourth-order valence-corrected chi connectivity index (χ4v) is 3.55. The number of hydrogen-bond acceptors (Lipinski definition) is 1. The third kappa shape index (κ3) is 2.74. The molecule has 0 N–H and O–H groups in total. The van der Waals surface area contributed by atoms with Crippen molar-refractivity contribution in [3.05, 3.63) is 78.0 Å². The lowest BCUT2D eigenvalue weighted by Crippen LogP contribution is -2.21. The van der Waals surface area contributed by atoms with Crippen LogP contribution in [0.5, 0.6) is 0 Å². The van der Waals surface area contributed by atoms with Crippen LogP contribution in [0.2, 0.25) is 0 Å². The van der Waals surface area contributed by atoms with Crippen molar-refractivity contribution in [3.8, 4) is 5.69 Å². The van der Waals surface area contributed by atoms with Crippen LogP contribution in [-0.2, 0) is 19.3 Å². The normalized spacial score (nSPS) is 14.8. The van der Waals surface area contributed by atoms with Crippen LogP contribution in [0.15, 0.2) is 61.2 Å². The summed E-state index contributed by atoms with van der Waals surface area (Å²) in [6.07, 6.45) is -2.48. The summed E-state index contributed by atoms with van der Waals surface area (Å²) in [5.41, 5.74) is 3.35. The Morgan fingerprint density at radius 1 is 1.04 bits per heavy atom. The minimum atomic E-state index is -4.33. The molecule has 1 aliphatic rings. The lowest BCUT2D eigenvalue weighted by atomic mass is 10.1. The van der Waals surface area contributed by atoms with Crippen LogP contribution in [0, 0.1) is 0 Å². The topological polar surface area (TPSA) is 8.17 Å². The number of rotatable bonds is 2. The fraction of sp³-hybridized carbons (Fsp3) is 0.200. The van der Waals surface area contributed by atoms with Crippen LogP contribution < -0.4 is 0 Å². The molecule has 0 unspecified atom stereocenters. The number of hydrogen-bond donors (Lipinski definition) is 0. The number of para-hydroxylation sites is 1. The predicted octanol–water partition coefficient (Wildman–Crippen LogP) is 5.15. The van der Waals surface area contributed by atoms with Gasteiger partial charge in [-0.2, -0.15) is 13.2 Å². The second-order valence-electron chi connectivity index (χ2n) is 6.33. The Morgan fingerprint density at radius 3 is 2.60 bits per heavy atom. The smallest absolute Gasteiger partial charge is 0.312 e. The molecule has 2 aromatic carbocycles. The zero-order chi connectivity index (χ0) is 17.6. The number of benzene rings is 2. The molecule has 0 atom stereocenters. The summed E-state index contributed by atoms with van der Waals surface area (Å²) >= 11 is 0. The van der Waals surface area contributed by atoms with E-state index in [9.17, 15) is 13.2 Å². The van der Waals surface area contributed by atoms with Gasteiger partial charge in [0.25, 0.3) is 0 Å². The SMILES string of the molecule is C=CCN1Cc2ccccc2-n2c(cc3cc(C(F)(F)F)ccc32)C1. The van der Waals surface area contributed by atoms with Crippen molar-refractivity contribution < 1.29 is 13.2 Å². The summed E-state index contributed by atoms with van der Waals surface area (Å²) in [7, 11) is 0. The van der Waals surface area contributed by atoms with Gasteiger partial charge in [-0.05, 0) is 35.9 Å². The van der Waals surface area contributed by atoms with E-state index in [-0.39, 0.29) is 0 Å². The van der Waals surface area contributed by atoms with Gasteiger partial charge >= 0.3 is 6.18 Å². The first-order chi connectivity index (χ1) is 12.0. The van der Waals surface area contributed by atoms with Crippen molar-refractivity contribution in [1.82, 2.24) is 9.47 Å². The first kappa shape index (κ1) is 16.0. The van der Waals surface area contributed by atoms with E-state index in [1.165, 1.54) is 6.07 Å². The Labute approximate surface area is 143 Å². The molecular weight excluding hydrogens is 325 g/mol. The van der Waals surface area contributed by atoms with Gasteiger partial charge in [-0.15, -0.1) is 6.58 Å². The van der Waals surface area contributed by atoms with Crippen LogP contribution >= 0.6 is 0 Å². The molecule has 0 fully saturated rings. The molecule has 2 heterocycles. The number of alkyl halides is 3. The fourth-order valence-electron chi connectivity index (χ4n) is 3.55. The Bertz CT molecular complexity index is 953.